The molecule has 100 valence electrons. The third-order valence-electron chi connectivity index (χ3n) is 2.44. The van der Waals surface area contributed by atoms with E-state index in [4.69, 9.17) is 15.2 Å². The Morgan fingerprint density at radius 2 is 2.21 bits per heavy atom. The van der Waals surface area contributed by atoms with Crippen LogP contribution in [0.5, 0.6) is 5.75 Å². The number of nitrogens with two attached hydrogens (primary N) is 1. The summed E-state index contributed by atoms with van der Waals surface area (Å²) < 4.78 is 11.3. The highest BCUT2D eigenvalue weighted by Gasteiger charge is 2.11. The van der Waals surface area contributed by atoms with E-state index >= 15 is 0 Å². The number of hydrogen-bond donors (Lipinski definition) is 1. The highest BCUT2D eigenvalue weighted by atomic mass is 79.9. The Morgan fingerprint density at radius 3 is 2.84 bits per heavy atom. The van der Waals surface area contributed by atoms with E-state index in [0.29, 0.717) is 17.0 Å². The number of rotatable bonds is 4. The van der Waals surface area contributed by atoms with Gasteiger partial charge in [-0.3, -0.25) is 0 Å². The number of halogens is 1. The van der Waals surface area contributed by atoms with E-state index in [9.17, 15) is 4.79 Å². The average Bonchev–Trinajstić information content (AvgIpc) is 2.82. The van der Waals surface area contributed by atoms with E-state index in [1.54, 1.807) is 18.2 Å². The zero-order valence-corrected chi connectivity index (χ0v) is 12.6. The molecule has 0 radical (unpaired) electrons. The zero-order chi connectivity index (χ0) is 13.8. The fourth-order valence-electron chi connectivity index (χ4n) is 1.49. The molecule has 0 aliphatic rings. The number of carbonyl (C=O) groups excluding carboxylic acids is 1. The Morgan fingerprint density at radius 1 is 1.42 bits per heavy atom. The highest BCUT2D eigenvalue weighted by Crippen LogP contribution is 2.24. The van der Waals surface area contributed by atoms with Crippen LogP contribution in [-0.2, 0) is 11.3 Å². The van der Waals surface area contributed by atoms with Crippen molar-refractivity contribution >= 4 is 38.9 Å². The lowest BCUT2D eigenvalue weighted by Gasteiger charge is -2.07. The largest absolute Gasteiger partial charge is 0.495 e. The third-order valence-corrected chi connectivity index (χ3v) is 4.11. The third kappa shape index (κ3) is 3.48. The molecular formula is C13H12BrNO3S. The lowest BCUT2D eigenvalue weighted by Crippen LogP contribution is -2.05. The second-order valence-electron chi connectivity index (χ2n) is 3.76. The first kappa shape index (κ1) is 13.9. The van der Waals surface area contributed by atoms with E-state index < -0.39 is 5.97 Å². The Hall–Kier alpha value is -1.53. The smallest absolute Gasteiger partial charge is 0.338 e. The Bertz CT molecular complexity index is 597. The van der Waals surface area contributed by atoms with Gasteiger partial charge in [-0.2, -0.15) is 0 Å². The SMILES string of the molecule is COc1cc(C(=O)OCc2cc(Br)cs2)ccc1N. The molecule has 0 saturated carbocycles. The second kappa shape index (κ2) is 6.08. The van der Waals surface area contributed by atoms with Gasteiger partial charge in [0, 0.05) is 14.7 Å². The van der Waals surface area contributed by atoms with E-state index in [0.717, 1.165) is 9.35 Å². The molecule has 0 aliphatic heterocycles. The Kier molecular flexibility index (Phi) is 4.44. The van der Waals surface area contributed by atoms with Crippen molar-refractivity contribution < 1.29 is 14.3 Å². The maximum atomic E-state index is 11.9. The van der Waals surface area contributed by atoms with Crippen molar-refractivity contribution in [3.05, 3.63) is 44.6 Å². The lowest BCUT2D eigenvalue weighted by atomic mass is 10.2. The van der Waals surface area contributed by atoms with Crippen LogP contribution < -0.4 is 10.5 Å². The van der Waals surface area contributed by atoms with E-state index in [1.165, 1.54) is 18.4 Å². The molecule has 2 aromatic rings. The summed E-state index contributed by atoms with van der Waals surface area (Å²) in [6.45, 7) is 0.252. The fourth-order valence-corrected chi connectivity index (χ4v) is 2.85. The number of esters is 1. The van der Waals surface area contributed by atoms with Crippen molar-refractivity contribution in [2.45, 2.75) is 6.61 Å². The second-order valence-corrected chi connectivity index (χ2v) is 5.68. The predicted octanol–water partition coefficient (Wildman–Crippen LogP) is 3.46. The summed E-state index contributed by atoms with van der Waals surface area (Å²) in [6, 6.07) is 6.73. The van der Waals surface area contributed by atoms with E-state index in [1.807, 2.05) is 11.4 Å². The van der Waals surface area contributed by atoms with Crippen molar-refractivity contribution in [3.8, 4) is 5.75 Å². The number of anilines is 1. The average molecular weight is 342 g/mol. The molecule has 1 aromatic heterocycles. The molecule has 0 atom stereocenters. The number of ether oxygens (including phenoxy) is 2. The van der Waals surface area contributed by atoms with Crippen LogP contribution >= 0.6 is 27.3 Å². The van der Waals surface area contributed by atoms with Crippen molar-refractivity contribution in [2.75, 3.05) is 12.8 Å². The first-order chi connectivity index (χ1) is 9.10. The summed E-state index contributed by atoms with van der Waals surface area (Å²) in [4.78, 5) is 12.9. The topological polar surface area (TPSA) is 61.5 Å². The van der Waals surface area contributed by atoms with Gasteiger partial charge in [0.15, 0.2) is 0 Å². The summed E-state index contributed by atoms with van der Waals surface area (Å²) in [7, 11) is 1.50. The first-order valence-corrected chi connectivity index (χ1v) is 7.11. The van der Waals surface area contributed by atoms with Crippen LogP contribution in [0.1, 0.15) is 15.2 Å². The first-order valence-electron chi connectivity index (χ1n) is 5.43. The molecule has 0 unspecified atom stereocenters. The molecule has 2 rings (SSSR count). The predicted molar refractivity (Wildman–Crippen MR) is 78.5 cm³/mol. The van der Waals surface area contributed by atoms with Crippen molar-refractivity contribution in [1.29, 1.82) is 0 Å². The molecule has 1 heterocycles. The van der Waals surface area contributed by atoms with Gasteiger partial charge in [-0.1, -0.05) is 0 Å². The minimum atomic E-state index is -0.400. The maximum Gasteiger partial charge on any atom is 0.338 e. The molecule has 0 bridgehead atoms. The minimum absolute atomic E-state index is 0.252. The molecule has 0 saturated heterocycles. The van der Waals surface area contributed by atoms with Gasteiger partial charge in [0.25, 0.3) is 0 Å². The molecule has 1 aromatic carbocycles. The standard InChI is InChI=1S/C13H12BrNO3S/c1-17-12-4-8(2-3-11(12)15)13(16)18-6-10-5-9(14)7-19-10/h2-5,7H,6,15H2,1H3. The quantitative estimate of drug-likeness (QED) is 0.683. The van der Waals surface area contributed by atoms with Crippen LogP contribution in [0.25, 0.3) is 0 Å². The molecule has 19 heavy (non-hydrogen) atoms. The van der Waals surface area contributed by atoms with Gasteiger partial charge in [0.05, 0.1) is 18.4 Å². The van der Waals surface area contributed by atoms with Crippen molar-refractivity contribution in [3.63, 3.8) is 0 Å². The zero-order valence-electron chi connectivity index (χ0n) is 10.2. The number of hydrogen-bond acceptors (Lipinski definition) is 5. The molecular weight excluding hydrogens is 330 g/mol. The monoisotopic (exact) mass is 341 g/mol. The fraction of sp³-hybridized carbons (Fsp3) is 0.154. The molecule has 0 aliphatic carbocycles. The van der Waals surface area contributed by atoms with Crippen LogP contribution in [0.15, 0.2) is 34.1 Å². The molecule has 0 amide bonds. The van der Waals surface area contributed by atoms with Crippen molar-refractivity contribution in [2.24, 2.45) is 0 Å². The molecule has 6 heteroatoms. The molecule has 4 nitrogen and oxygen atoms in total. The van der Waals surface area contributed by atoms with Gasteiger partial charge in [-0.25, -0.2) is 4.79 Å². The number of methoxy groups -OCH3 is 1. The molecule has 0 spiro atoms. The van der Waals surface area contributed by atoms with Crippen LogP contribution in [0.4, 0.5) is 5.69 Å². The van der Waals surface area contributed by atoms with Gasteiger partial charge in [0.1, 0.15) is 12.4 Å². The van der Waals surface area contributed by atoms with Gasteiger partial charge >= 0.3 is 5.97 Å². The number of carbonyl (C=O) groups is 1. The van der Waals surface area contributed by atoms with Crippen LogP contribution in [0.2, 0.25) is 0 Å². The van der Waals surface area contributed by atoms with Crippen LogP contribution in [0, 0.1) is 0 Å². The highest BCUT2D eigenvalue weighted by molar-refractivity contribution is 9.10. The lowest BCUT2D eigenvalue weighted by molar-refractivity contribution is 0.0476. The van der Waals surface area contributed by atoms with Crippen LogP contribution in [0.3, 0.4) is 0 Å². The Balaban J connectivity index is 2.03. The summed E-state index contributed by atoms with van der Waals surface area (Å²) in [5.74, 6) is 0.0659. The number of nitrogen functional groups attached to an aromatic ring is 1. The van der Waals surface area contributed by atoms with Gasteiger partial charge in [-0.05, 0) is 40.2 Å². The van der Waals surface area contributed by atoms with Gasteiger partial charge in [0.2, 0.25) is 0 Å². The number of benzene rings is 1. The molecule has 2 N–H and O–H groups in total. The summed E-state index contributed by atoms with van der Waals surface area (Å²) in [6.07, 6.45) is 0. The summed E-state index contributed by atoms with van der Waals surface area (Å²) >= 11 is 4.88. The maximum absolute atomic E-state index is 11.9. The minimum Gasteiger partial charge on any atom is -0.495 e. The van der Waals surface area contributed by atoms with E-state index in [2.05, 4.69) is 15.9 Å². The normalized spacial score (nSPS) is 10.2. The Labute approximate surface area is 123 Å². The van der Waals surface area contributed by atoms with Crippen molar-refractivity contribution in [1.82, 2.24) is 0 Å². The van der Waals surface area contributed by atoms with E-state index in [-0.39, 0.29) is 6.61 Å². The number of thiophene rings is 1. The summed E-state index contributed by atoms with van der Waals surface area (Å²) in [5.41, 5.74) is 6.59. The van der Waals surface area contributed by atoms with Crippen LogP contribution in [-0.4, -0.2) is 13.1 Å². The van der Waals surface area contributed by atoms with Gasteiger partial charge in [-0.15, -0.1) is 11.3 Å². The molecule has 0 fully saturated rings. The summed E-state index contributed by atoms with van der Waals surface area (Å²) in [5, 5.41) is 1.94. The van der Waals surface area contributed by atoms with Gasteiger partial charge < -0.3 is 15.2 Å².